The van der Waals surface area contributed by atoms with E-state index in [9.17, 15) is 0 Å². The minimum atomic E-state index is 0.773. The molecule has 0 unspecified atom stereocenters. The van der Waals surface area contributed by atoms with Gasteiger partial charge in [0, 0.05) is 18.6 Å². The van der Waals surface area contributed by atoms with E-state index < -0.39 is 0 Å². The first-order valence-electron chi connectivity index (χ1n) is 16.3. The zero-order valence-corrected chi connectivity index (χ0v) is 24.5. The highest BCUT2D eigenvalue weighted by Crippen LogP contribution is 2.27. The van der Waals surface area contributed by atoms with Crippen molar-refractivity contribution in [3.05, 3.63) is 30.1 Å². The fourth-order valence-corrected chi connectivity index (χ4v) is 5.46. The van der Waals surface area contributed by atoms with E-state index in [1.54, 1.807) is 5.56 Å². The van der Waals surface area contributed by atoms with E-state index in [2.05, 4.69) is 49.9 Å². The van der Waals surface area contributed by atoms with Gasteiger partial charge in [-0.2, -0.15) is 0 Å². The summed E-state index contributed by atoms with van der Waals surface area (Å²) in [6.07, 6.45) is 38.8. The van der Waals surface area contributed by atoms with Crippen molar-refractivity contribution >= 4 is 0 Å². The van der Waals surface area contributed by atoms with Crippen molar-refractivity contribution in [2.45, 2.75) is 187 Å². The Labute approximate surface area is 221 Å². The normalized spacial score (nSPS) is 11.5. The van der Waals surface area contributed by atoms with Gasteiger partial charge in [-0.25, -0.2) is 4.57 Å². The SMILES string of the molecule is CCCCCCCCCCCCCCCCCCCC[n+]1ccc(C(CCCC)CCCC)cc1. The van der Waals surface area contributed by atoms with Crippen molar-refractivity contribution in [1.29, 1.82) is 0 Å². The Morgan fingerprint density at radius 1 is 0.457 bits per heavy atom. The molecule has 1 heterocycles. The highest BCUT2D eigenvalue weighted by molar-refractivity contribution is 5.13. The molecule has 0 amide bonds. The van der Waals surface area contributed by atoms with Gasteiger partial charge in [-0.05, 0) is 30.7 Å². The van der Waals surface area contributed by atoms with Crippen LogP contribution < -0.4 is 4.57 Å². The van der Waals surface area contributed by atoms with Gasteiger partial charge in [-0.1, -0.05) is 149 Å². The van der Waals surface area contributed by atoms with Gasteiger partial charge in [0.1, 0.15) is 6.54 Å². The lowest BCUT2D eigenvalue weighted by molar-refractivity contribution is -0.697. The van der Waals surface area contributed by atoms with E-state index in [-0.39, 0.29) is 0 Å². The zero-order chi connectivity index (χ0) is 25.2. The van der Waals surface area contributed by atoms with Crippen LogP contribution in [0.5, 0.6) is 0 Å². The number of rotatable bonds is 26. The first-order valence-corrected chi connectivity index (χ1v) is 16.3. The van der Waals surface area contributed by atoms with Crippen LogP contribution in [0.3, 0.4) is 0 Å². The maximum absolute atomic E-state index is 2.41. The number of aryl methyl sites for hydroxylation is 1. The van der Waals surface area contributed by atoms with Crippen molar-refractivity contribution in [3.8, 4) is 0 Å². The van der Waals surface area contributed by atoms with Crippen LogP contribution in [0.4, 0.5) is 0 Å². The van der Waals surface area contributed by atoms with Crippen molar-refractivity contribution < 1.29 is 4.57 Å². The molecule has 1 aromatic rings. The number of hydrogen-bond donors (Lipinski definition) is 0. The number of aromatic nitrogens is 1. The highest BCUT2D eigenvalue weighted by Gasteiger charge is 2.12. The zero-order valence-electron chi connectivity index (χ0n) is 24.5. The minimum absolute atomic E-state index is 0.773. The van der Waals surface area contributed by atoms with E-state index >= 15 is 0 Å². The van der Waals surface area contributed by atoms with Crippen LogP contribution in [-0.2, 0) is 6.54 Å². The van der Waals surface area contributed by atoms with Gasteiger partial charge in [0.2, 0.25) is 0 Å². The monoisotopic (exact) mass is 487 g/mol. The molecule has 0 N–H and O–H groups in total. The maximum Gasteiger partial charge on any atom is 0.169 e. The van der Waals surface area contributed by atoms with E-state index in [4.69, 9.17) is 0 Å². The molecule has 1 rings (SSSR count). The third-order valence-corrected chi connectivity index (χ3v) is 7.97. The van der Waals surface area contributed by atoms with Crippen LogP contribution in [0.25, 0.3) is 0 Å². The number of pyridine rings is 1. The first-order chi connectivity index (χ1) is 17.3. The van der Waals surface area contributed by atoms with Crippen molar-refractivity contribution in [3.63, 3.8) is 0 Å². The van der Waals surface area contributed by atoms with Crippen LogP contribution in [0.15, 0.2) is 24.5 Å². The third kappa shape index (κ3) is 19.0. The molecule has 1 aromatic heterocycles. The lowest BCUT2D eigenvalue weighted by Gasteiger charge is -2.16. The Kier molecular flexibility index (Phi) is 22.8. The number of nitrogens with zero attached hydrogens (tertiary/aromatic N) is 1. The summed E-state index contributed by atoms with van der Waals surface area (Å²) < 4.78 is 2.41. The fourth-order valence-electron chi connectivity index (χ4n) is 5.46. The third-order valence-electron chi connectivity index (χ3n) is 7.97. The average Bonchev–Trinajstić information content (AvgIpc) is 2.88. The molecule has 1 nitrogen and oxygen atoms in total. The molecular formula is C34H64N+. The van der Waals surface area contributed by atoms with Crippen LogP contribution in [0.2, 0.25) is 0 Å². The van der Waals surface area contributed by atoms with Gasteiger partial charge < -0.3 is 0 Å². The average molecular weight is 487 g/mol. The molecule has 0 atom stereocenters. The second-order valence-corrected chi connectivity index (χ2v) is 11.4. The Bertz CT molecular complexity index is 526. The Morgan fingerprint density at radius 2 is 0.800 bits per heavy atom. The van der Waals surface area contributed by atoms with E-state index in [1.165, 1.54) is 161 Å². The quantitative estimate of drug-likeness (QED) is 0.0905. The van der Waals surface area contributed by atoms with Crippen LogP contribution in [0, 0.1) is 0 Å². The molecule has 0 aliphatic carbocycles. The van der Waals surface area contributed by atoms with Crippen molar-refractivity contribution in [2.75, 3.05) is 0 Å². The molecule has 0 bridgehead atoms. The van der Waals surface area contributed by atoms with Crippen molar-refractivity contribution in [2.24, 2.45) is 0 Å². The number of unbranched alkanes of at least 4 members (excludes halogenated alkanes) is 19. The van der Waals surface area contributed by atoms with Gasteiger partial charge in [-0.15, -0.1) is 0 Å². The summed E-state index contributed by atoms with van der Waals surface area (Å²) in [6.45, 7) is 8.12. The minimum Gasteiger partial charge on any atom is -0.205 e. The van der Waals surface area contributed by atoms with Gasteiger partial charge in [0.05, 0.1) is 0 Å². The van der Waals surface area contributed by atoms with Gasteiger partial charge in [-0.3, -0.25) is 0 Å². The summed E-state index contributed by atoms with van der Waals surface area (Å²) in [6, 6.07) is 4.81. The van der Waals surface area contributed by atoms with Gasteiger partial charge in [0.25, 0.3) is 0 Å². The Morgan fingerprint density at radius 3 is 1.17 bits per heavy atom. The summed E-state index contributed by atoms with van der Waals surface area (Å²) in [5, 5.41) is 0. The molecule has 0 radical (unpaired) electrons. The molecule has 1 heteroatoms. The molecule has 0 aliphatic rings. The maximum atomic E-state index is 2.41. The Balaban J connectivity index is 1.94. The molecule has 0 aliphatic heterocycles. The lowest BCUT2D eigenvalue weighted by atomic mass is 9.89. The van der Waals surface area contributed by atoms with Crippen LogP contribution >= 0.6 is 0 Å². The first kappa shape index (κ1) is 32.2. The number of hydrogen-bond acceptors (Lipinski definition) is 0. The predicted octanol–water partition coefficient (Wildman–Crippen LogP) is 11.5. The molecule has 0 saturated carbocycles. The molecule has 35 heavy (non-hydrogen) atoms. The molecule has 0 aromatic carbocycles. The molecule has 0 spiro atoms. The molecule has 0 fully saturated rings. The second-order valence-electron chi connectivity index (χ2n) is 11.4. The van der Waals surface area contributed by atoms with E-state index in [1.807, 2.05) is 0 Å². The van der Waals surface area contributed by atoms with Crippen molar-refractivity contribution in [1.82, 2.24) is 0 Å². The topological polar surface area (TPSA) is 3.88 Å². The Hall–Kier alpha value is -0.850. The van der Waals surface area contributed by atoms with Gasteiger partial charge in [0.15, 0.2) is 12.4 Å². The lowest BCUT2D eigenvalue weighted by Crippen LogP contribution is -2.32. The predicted molar refractivity (Wildman–Crippen MR) is 157 cm³/mol. The van der Waals surface area contributed by atoms with Gasteiger partial charge >= 0.3 is 0 Å². The summed E-state index contributed by atoms with van der Waals surface area (Å²) >= 11 is 0. The molecular weight excluding hydrogens is 422 g/mol. The second kappa shape index (κ2) is 24.8. The van der Waals surface area contributed by atoms with E-state index in [0.717, 1.165) is 5.92 Å². The summed E-state index contributed by atoms with van der Waals surface area (Å²) in [5.41, 5.74) is 1.57. The smallest absolute Gasteiger partial charge is 0.169 e. The van der Waals surface area contributed by atoms with Crippen LogP contribution in [-0.4, -0.2) is 0 Å². The summed E-state index contributed by atoms with van der Waals surface area (Å²) in [4.78, 5) is 0. The summed E-state index contributed by atoms with van der Waals surface area (Å²) in [5.74, 6) is 0.773. The largest absolute Gasteiger partial charge is 0.205 e. The molecule has 0 saturated heterocycles. The fraction of sp³-hybridized carbons (Fsp3) is 0.853. The highest BCUT2D eigenvalue weighted by atomic mass is 14.9. The van der Waals surface area contributed by atoms with Crippen LogP contribution in [0.1, 0.15) is 186 Å². The van der Waals surface area contributed by atoms with E-state index in [0.29, 0.717) is 0 Å². The standard InChI is InChI=1S/C34H64N/c1-4-7-10-11-12-13-14-15-16-17-18-19-20-21-22-23-24-25-30-35-31-28-34(29-32-35)33(26-8-5-2)27-9-6-3/h28-29,31-33H,4-27,30H2,1-3H3/q+1. The molecule has 204 valence electrons. The summed E-state index contributed by atoms with van der Waals surface area (Å²) in [7, 11) is 0.